The van der Waals surface area contributed by atoms with E-state index in [4.69, 9.17) is 9.47 Å². The minimum atomic E-state index is -0.815. The maximum atomic E-state index is 12.9. The zero-order chi connectivity index (χ0) is 22.0. The highest BCUT2D eigenvalue weighted by molar-refractivity contribution is 5.97. The highest BCUT2D eigenvalue weighted by Gasteiger charge is 2.34. The number of hydrogen-bond acceptors (Lipinski definition) is 4. The Morgan fingerprint density at radius 3 is 2.60 bits per heavy atom. The Hall–Kier alpha value is -1.59. The van der Waals surface area contributed by atoms with Crippen LogP contribution in [0.3, 0.4) is 0 Å². The molecule has 1 aromatic carbocycles. The Balaban J connectivity index is 1.80. The van der Waals surface area contributed by atoms with Crippen LogP contribution in [0, 0.1) is 5.92 Å². The number of amides is 1. The molecule has 0 saturated carbocycles. The number of likely N-dealkylation sites (tertiary alicyclic amines) is 1. The van der Waals surface area contributed by atoms with Gasteiger partial charge in [0, 0.05) is 24.9 Å². The minimum absolute atomic E-state index is 0.0889. The van der Waals surface area contributed by atoms with Crippen molar-refractivity contribution in [2.24, 2.45) is 5.92 Å². The standard InChI is InChI=1S/C25H42N2O3/c1-6-17-30-25(5,19-20(2)3)24(28)26-22-11-13-23(14-12-22)29-18-9-16-27-15-8-7-10-21(27)4/h11-14,20-21H,6-10,15-19H2,1-5H3,(H,26,28)/t21-,25-/m1/s1. The third kappa shape index (κ3) is 7.92. The third-order valence-corrected chi connectivity index (χ3v) is 5.81. The van der Waals surface area contributed by atoms with Crippen LogP contribution in [0.15, 0.2) is 24.3 Å². The van der Waals surface area contributed by atoms with Gasteiger partial charge in [-0.25, -0.2) is 0 Å². The van der Waals surface area contributed by atoms with Gasteiger partial charge < -0.3 is 19.7 Å². The average molecular weight is 419 g/mol. The van der Waals surface area contributed by atoms with Crippen molar-refractivity contribution < 1.29 is 14.3 Å². The molecule has 2 rings (SSSR count). The van der Waals surface area contributed by atoms with Gasteiger partial charge in [-0.05, 0) is 82.7 Å². The van der Waals surface area contributed by atoms with Crippen molar-refractivity contribution in [3.63, 3.8) is 0 Å². The van der Waals surface area contributed by atoms with E-state index in [1.807, 2.05) is 31.2 Å². The molecule has 1 heterocycles. The zero-order valence-corrected chi connectivity index (χ0v) is 19.7. The van der Waals surface area contributed by atoms with Gasteiger partial charge in [-0.15, -0.1) is 0 Å². The van der Waals surface area contributed by atoms with Gasteiger partial charge in [0.1, 0.15) is 11.4 Å². The fourth-order valence-corrected chi connectivity index (χ4v) is 4.17. The van der Waals surface area contributed by atoms with Gasteiger partial charge in [-0.2, -0.15) is 0 Å². The number of carbonyl (C=O) groups is 1. The molecule has 1 aliphatic heterocycles. The van der Waals surface area contributed by atoms with Crippen molar-refractivity contribution in [2.45, 2.75) is 84.8 Å². The van der Waals surface area contributed by atoms with Crippen LogP contribution in [0.25, 0.3) is 0 Å². The summed E-state index contributed by atoms with van der Waals surface area (Å²) < 4.78 is 11.8. The van der Waals surface area contributed by atoms with Crippen LogP contribution in [-0.4, -0.2) is 48.8 Å². The van der Waals surface area contributed by atoms with Crippen molar-refractivity contribution in [3.8, 4) is 5.75 Å². The lowest BCUT2D eigenvalue weighted by molar-refractivity contribution is -0.141. The van der Waals surface area contributed by atoms with E-state index in [0.717, 1.165) is 30.8 Å². The number of anilines is 1. The maximum Gasteiger partial charge on any atom is 0.256 e. The number of ether oxygens (including phenoxy) is 2. The Morgan fingerprint density at radius 2 is 1.97 bits per heavy atom. The summed E-state index contributed by atoms with van der Waals surface area (Å²) in [6.07, 6.45) is 6.61. The summed E-state index contributed by atoms with van der Waals surface area (Å²) in [4.78, 5) is 15.4. The fraction of sp³-hybridized carbons (Fsp3) is 0.720. The molecule has 0 aromatic heterocycles. The molecule has 0 bridgehead atoms. The summed E-state index contributed by atoms with van der Waals surface area (Å²) in [6.45, 7) is 14.1. The van der Waals surface area contributed by atoms with Crippen molar-refractivity contribution in [1.29, 1.82) is 0 Å². The van der Waals surface area contributed by atoms with Crippen LogP contribution < -0.4 is 10.1 Å². The second-order valence-electron chi connectivity index (χ2n) is 9.24. The van der Waals surface area contributed by atoms with E-state index < -0.39 is 5.60 Å². The Bertz CT molecular complexity index is 632. The monoisotopic (exact) mass is 418 g/mol. The molecule has 170 valence electrons. The predicted octanol–water partition coefficient (Wildman–Crippen LogP) is 5.50. The smallest absolute Gasteiger partial charge is 0.256 e. The number of rotatable bonds is 12. The molecular weight excluding hydrogens is 376 g/mol. The molecule has 1 aromatic rings. The zero-order valence-electron chi connectivity index (χ0n) is 19.7. The van der Waals surface area contributed by atoms with E-state index >= 15 is 0 Å². The Morgan fingerprint density at radius 1 is 1.23 bits per heavy atom. The molecule has 1 aliphatic rings. The summed E-state index contributed by atoms with van der Waals surface area (Å²) in [7, 11) is 0. The number of piperidine rings is 1. The normalized spacial score (nSPS) is 19.5. The van der Waals surface area contributed by atoms with Gasteiger partial charge >= 0.3 is 0 Å². The van der Waals surface area contributed by atoms with Gasteiger partial charge in [0.05, 0.1) is 6.61 Å². The van der Waals surface area contributed by atoms with E-state index in [0.29, 0.717) is 31.6 Å². The number of carbonyl (C=O) groups excluding carboxylic acids is 1. The largest absolute Gasteiger partial charge is 0.494 e. The lowest BCUT2D eigenvalue weighted by atomic mass is 9.93. The first-order valence-corrected chi connectivity index (χ1v) is 11.8. The summed E-state index contributed by atoms with van der Waals surface area (Å²) in [6, 6.07) is 8.34. The van der Waals surface area contributed by atoms with Crippen molar-refractivity contribution in [1.82, 2.24) is 4.90 Å². The summed E-state index contributed by atoms with van der Waals surface area (Å²) in [5, 5.41) is 3.01. The quantitative estimate of drug-likeness (QED) is 0.455. The molecular formula is C25H42N2O3. The van der Waals surface area contributed by atoms with E-state index in [1.54, 1.807) is 0 Å². The second kappa shape index (κ2) is 12.3. The first kappa shape index (κ1) is 24.7. The van der Waals surface area contributed by atoms with Crippen molar-refractivity contribution in [3.05, 3.63) is 24.3 Å². The Kier molecular flexibility index (Phi) is 10.1. The van der Waals surface area contributed by atoms with Crippen LogP contribution in [-0.2, 0) is 9.53 Å². The van der Waals surface area contributed by atoms with Crippen molar-refractivity contribution in [2.75, 3.05) is 31.6 Å². The molecule has 0 aliphatic carbocycles. The van der Waals surface area contributed by atoms with Crippen LogP contribution in [0.5, 0.6) is 5.75 Å². The Labute approximate surface area is 183 Å². The van der Waals surface area contributed by atoms with Gasteiger partial charge in [0.15, 0.2) is 0 Å². The third-order valence-electron chi connectivity index (χ3n) is 5.81. The SMILES string of the molecule is CCCO[C@](C)(CC(C)C)C(=O)Nc1ccc(OCCCN2CCCC[C@H]2C)cc1. The predicted molar refractivity (Wildman–Crippen MR) is 124 cm³/mol. The van der Waals surface area contributed by atoms with Crippen LogP contribution in [0.4, 0.5) is 5.69 Å². The number of benzene rings is 1. The molecule has 0 unspecified atom stereocenters. The van der Waals surface area contributed by atoms with Crippen LogP contribution in [0.2, 0.25) is 0 Å². The van der Waals surface area contributed by atoms with E-state index in [9.17, 15) is 4.79 Å². The molecule has 30 heavy (non-hydrogen) atoms. The first-order valence-electron chi connectivity index (χ1n) is 11.8. The van der Waals surface area contributed by atoms with Gasteiger partial charge in [-0.1, -0.05) is 27.2 Å². The van der Waals surface area contributed by atoms with Crippen LogP contribution >= 0.6 is 0 Å². The summed E-state index contributed by atoms with van der Waals surface area (Å²) in [5.74, 6) is 1.13. The minimum Gasteiger partial charge on any atom is -0.494 e. The fourth-order valence-electron chi connectivity index (χ4n) is 4.17. The molecule has 1 saturated heterocycles. The average Bonchev–Trinajstić information content (AvgIpc) is 2.71. The number of nitrogens with one attached hydrogen (secondary N) is 1. The molecule has 0 radical (unpaired) electrons. The van der Waals surface area contributed by atoms with Gasteiger partial charge in [-0.3, -0.25) is 4.79 Å². The van der Waals surface area contributed by atoms with Gasteiger partial charge in [0.25, 0.3) is 5.91 Å². The first-order chi connectivity index (χ1) is 14.3. The van der Waals surface area contributed by atoms with E-state index in [-0.39, 0.29) is 5.91 Å². The molecule has 1 N–H and O–H groups in total. The summed E-state index contributed by atoms with van der Waals surface area (Å²) >= 11 is 0. The van der Waals surface area contributed by atoms with E-state index in [2.05, 4.69) is 37.9 Å². The molecule has 2 atom stereocenters. The number of nitrogens with zero attached hydrogens (tertiary/aromatic N) is 1. The highest BCUT2D eigenvalue weighted by Crippen LogP contribution is 2.25. The number of hydrogen-bond donors (Lipinski definition) is 1. The lowest BCUT2D eigenvalue weighted by Gasteiger charge is -2.33. The van der Waals surface area contributed by atoms with Crippen LogP contribution in [0.1, 0.15) is 73.1 Å². The lowest BCUT2D eigenvalue weighted by Crippen LogP contribution is -2.44. The second-order valence-corrected chi connectivity index (χ2v) is 9.24. The molecule has 0 spiro atoms. The molecule has 1 fully saturated rings. The molecule has 5 nitrogen and oxygen atoms in total. The van der Waals surface area contributed by atoms with Gasteiger partial charge in [0.2, 0.25) is 0 Å². The highest BCUT2D eigenvalue weighted by atomic mass is 16.5. The maximum absolute atomic E-state index is 12.9. The topological polar surface area (TPSA) is 50.8 Å². The molecule has 5 heteroatoms. The molecule has 1 amide bonds. The van der Waals surface area contributed by atoms with Crippen molar-refractivity contribution >= 4 is 11.6 Å². The summed E-state index contributed by atoms with van der Waals surface area (Å²) in [5.41, 5.74) is -0.0464. The van der Waals surface area contributed by atoms with E-state index in [1.165, 1.54) is 25.8 Å².